The topological polar surface area (TPSA) is 66.0 Å². The number of para-hydroxylation sites is 2. The third-order valence-electron chi connectivity index (χ3n) is 4.55. The SMILES string of the molecule is Clc1ccc2cc([C@@H]3CC(c4nc5ccccc5[nH]4)=NN3)c(Cl)nc2c1. The predicted octanol–water partition coefficient (Wildman–Crippen LogP) is 4.86. The van der Waals surface area contributed by atoms with E-state index in [1.165, 1.54) is 0 Å². The number of benzene rings is 2. The number of aromatic amines is 1. The monoisotopic (exact) mass is 381 g/mol. The highest BCUT2D eigenvalue weighted by Gasteiger charge is 2.26. The number of hydrogen-bond donors (Lipinski definition) is 2. The van der Waals surface area contributed by atoms with E-state index in [2.05, 4.69) is 25.5 Å². The van der Waals surface area contributed by atoms with Crippen LogP contribution in [0.15, 0.2) is 53.6 Å². The van der Waals surface area contributed by atoms with Crippen LogP contribution >= 0.6 is 23.2 Å². The molecule has 0 spiro atoms. The first-order valence-corrected chi connectivity index (χ1v) is 8.96. The van der Waals surface area contributed by atoms with Gasteiger partial charge >= 0.3 is 0 Å². The van der Waals surface area contributed by atoms with Crippen molar-refractivity contribution < 1.29 is 0 Å². The summed E-state index contributed by atoms with van der Waals surface area (Å²) in [7, 11) is 0. The van der Waals surface area contributed by atoms with E-state index in [0.29, 0.717) is 16.6 Å². The summed E-state index contributed by atoms with van der Waals surface area (Å²) in [5, 5.41) is 6.55. The van der Waals surface area contributed by atoms with Gasteiger partial charge in [0.1, 0.15) is 10.9 Å². The quantitative estimate of drug-likeness (QED) is 0.487. The van der Waals surface area contributed by atoms with E-state index in [1.54, 1.807) is 0 Å². The van der Waals surface area contributed by atoms with Gasteiger partial charge in [0.15, 0.2) is 5.82 Å². The maximum Gasteiger partial charge on any atom is 0.154 e. The first-order valence-electron chi connectivity index (χ1n) is 8.20. The molecule has 0 amide bonds. The lowest BCUT2D eigenvalue weighted by molar-refractivity contribution is 0.619. The van der Waals surface area contributed by atoms with Crippen molar-refractivity contribution in [1.82, 2.24) is 20.4 Å². The van der Waals surface area contributed by atoms with Crippen molar-refractivity contribution in [1.29, 1.82) is 0 Å². The molecule has 2 aromatic heterocycles. The molecule has 0 saturated heterocycles. The van der Waals surface area contributed by atoms with E-state index in [0.717, 1.165) is 39.0 Å². The molecule has 1 aliphatic rings. The van der Waals surface area contributed by atoms with Crippen molar-refractivity contribution >= 4 is 50.8 Å². The van der Waals surface area contributed by atoms with Gasteiger partial charge < -0.3 is 10.4 Å². The number of hydrazone groups is 1. The second-order valence-corrected chi connectivity index (χ2v) is 7.05. The van der Waals surface area contributed by atoms with Crippen molar-refractivity contribution in [3.8, 4) is 0 Å². The summed E-state index contributed by atoms with van der Waals surface area (Å²) >= 11 is 12.5. The van der Waals surface area contributed by atoms with Crippen LogP contribution in [0, 0.1) is 0 Å². The lowest BCUT2D eigenvalue weighted by Gasteiger charge is -2.12. The van der Waals surface area contributed by atoms with Crippen LogP contribution in [0.2, 0.25) is 10.2 Å². The number of imidazole rings is 1. The molecule has 0 bridgehead atoms. The molecule has 2 aromatic carbocycles. The summed E-state index contributed by atoms with van der Waals surface area (Å²) in [6.07, 6.45) is 0.681. The van der Waals surface area contributed by atoms with Gasteiger partial charge in [-0.15, -0.1) is 0 Å². The zero-order chi connectivity index (χ0) is 17.7. The lowest BCUT2D eigenvalue weighted by atomic mass is 10.0. The number of hydrogen-bond acceptors (Lipinski definition) is 4. The molecule has 1 aliphatic heterocycles. The Hall–Kier alpha value is -2.63. The van der Waals surface area contributed by atoms with Crippen LogP contribution in [0.3, 0.4) is 0 Å². The van der Waals surface area contributed by atoms with Gasteiger partial charge in [-0.3, -0.25) is 0 Å². The Kier molecular flexibility index (Phi) is 3.58. The molecule has 1 atom stereocenters. The van der Waals surface area contributed by atoms with Gasteiger partial charge in [0.25, 0.3) is 0 Å². The highest BCUT2D eigenvalue weighted by atomic mass is 35.5. The predicted molar refractivity (Wildman–Crippen MR) is 105 cm³/mol. The molecular formula is C19H13Cl2N5. The van der Waals surface area contributed by atoms with Gasteiger partial charge in [-0.05, 0) is 30.3 Å². The minimum Gasteiger partial charge on any atom is -0.337 e. The zero-order valence-corrected chi connectivity index (χ0v) is 15.0. The smallest absolute Gasteiger partial charge is 0.154 e. The fourth-order valence-electron chi connectivity index (χ4n) is 3.24. The molecule has 4 aromatic rings. The minimum absolute atomic E-state index is 0.0432. The summed E-state index contributed by atoms with van der Waals surface area (Å²) in [5.41, 5.74) is 7.65. The molecule has 0 fully saturated rings. The van der Waals surface area contributed by atoms with E-state index in [-0.39, 0.29) is 6.04 Å². The first kappa shape index (κ1) is 15.6. The molecule has 0 unspecified atom stereocenters. The molecular weight excluding hydrogens is 369 g/mol. The van der Waals surface area contributed by atoms with Crippen molar-refractivity contribution in [3.05, 3.63) is 70.1 Å². The molecule has 0 radical (unpaired) electrons. The maximum absolute atomic E-state index is 6.43. The van der Waals surface area contributed by atoms with Gasteiger partial charge in [0, 0.05) is 22.4 Å². The van der Waals surface area contributed by atoms with Gasteiger partial charge in [-0.25, -0.2) is 9.97 Å². The summed E-state index contributed by atoms with van der Waals surface area (Å²) in [5.74, 6) is 0.776. The van der Waals surface area contributed by atoms with E-state index < -0.39 is 0 Å². The third-order valence-corrected chi connectivity index (χ3v) is 5.09. The van der Waals surface area contributed by atoms with Crippen LogP contribution in [0.5, 0.6) is 0 Å². The van der Waals surface area contributed by atoms with Crippen LogP contribution in [-0.4, -0.2) is 20.7 Å². The zero-order valence-electron chi connectivity index (χ0n) is 13.5. The maximum atomic E-state index is 6.43. The number of nitrogens with one attached hydrogen (secondary N) is 2. The number of rotatable bonds is 2. The van der Waals surface area contributed by atoms with Crippen LogP contribution in [0.25, 0.3) is 21.9 Å². The van der Waals surface area contributed by atoms with Crippen molar-refractivity contribution in [2.45, 2.75) is 12.5 Å². The molecule has 128 valence electrons. The van der Waals surface area contributed by atoms with Crippen LogP contribution in [-0.2, 0) is 0 Å². The van der Waals surface area contributed by atoms with E-state index in [1.807, 2.05) is 48.5 Å². The third kappa shape index (κ3) is 2.60. The van der Waals surface area contributed by atoms with E-state index in [4.69, 9.17) is 23.2 Å². The van der Waals surface area contributed by atoms with Gasteiger partial charge in [-0.1, -0.05) is 41.4 Å². The van der Waals surface area contributed by atoms with Crippen molar-refractivity contribution in [2.24, 2.45) is 5.10 Å². The summed E-state index contributed by atoms with van der Waals surface area (Å²) in [4.78, 5) is 12.4. The molecule has 7 heteroatoms. The number of pyridine rings is 1. The Bertz CT molecular complexity index is 1150. The fourth-order valence-corrected chi connectivity index (χ4v) is 3.68. The molecule has 0 saturated carbocycles. The Balaban J connectivity index is 1.47. The summed E-state index contributed by atoms with van der Waals surface area (Å²) < 4.78 is 0. The number of H-pyrrole nitrogens is 1. The second-order valence-electron chi connectivity index (χ2n) is 6.25. The van der Waals surface area contributed by atoms with E-state index in [9.17, 15) is 0 Å². The highest BCUT2D eigenvalue weighted by molar-refractivity contribution is 6.32. The Morgan fingerprint density at radius 2 is 1.85 bits per heavy atom. The van der Waals surface area contributed by atoms with E-state index >= 15 is 0 Å². The van der Waals surface area contributed by atoms with Crippen molar-refractivity contribution in [3.63, 3.8) is 0 Å². The molecule has 0 aliphatic carbocycles. The molecule has 5 rings (SSSR count). The number of nitrogens with zero attached hydrogens (tertiary/aromatic N) is 3. The molecule has 2 N–H and O–H groups in total. The fraction of sp³-hybridized carbons (Fsp3) is 0.105. The van der Waals surface area contributed by atoms with Crippen LogP contribution in [0.4, 0.5) is 0 Å². The van der Waals surface area contributed by atoms with Gasteiger partial charge in [0.05, 0.1) is 22.6 Å². The summed E-state index contributed by atoms with van der Waals surface area (Å²) in [6.45, 7) is 0. The largest absolute Gasteiger partial charge is 0.337 e. The average Bonchev–Trinajstić information content (AvgIpc) is 3.27. The molecule has 26 heavy (non-hydrogen) atoms. The minimum atomic E-state index is -0.0432. The number of aromatic nitrogens is 3. The van der Waals surface area contributed by atoms with Crippen LogP contribution < -0.4 is 5.43 Å². The lowest BCUT2D eigenvalue weighted by Crippen LogP contribution is -2.11. The number of halogens is 2. The first-order chi connectivity index (χ1) is 12.7. The molecule has 3 heterocycles. The van der Waals surface area contributed by atoms with Gasteiger partial charge in [-0.2, -0.15) is 5.10 Å². The highest BCUT2D eigenvalue weighted by Crippen LogP contribution is 2.32. The number of fused-ring (bicyclic) bond motifs is 2. The second kappa shape index (κ2) is 5.97. The summed E-state index contributed by atoms with van der Waals surface area (Å²) in [6, 6.07) is 15.5. The Morgan fingerprint density at radius 3 is 2.73 bits per heavy atom. The standard InChI is InChI=1S/C19H13Cl2N5/c20-11-6-5-10-7-12(18(21)22-15(10)8-11)16-9-17(26-25-16)19-23-13-3-1-2-4-14(13)24-19/h1-8,16,25H,9H2,(H,23,24)/t16-/m0/s1. The van der Waals surface area contributed by atoms with Crippen molar-refractivity contribution in [2.75, 3.05) is 0 Å². The van der Waals surface area contributed by atoms with Crippen LogP contribution in [0.1, 0.15) is 23.9 Å². The normalized spacial score (nSPS) is 16.8. The molecule has 5 nitrogen and oxygen atoms in total. The van der Waals surface area contributed by atoms with Gasteiger partial charge in [0.2, 0.25) is 0 Å². The average molecular weight is 382 g/mol. The Labute approximate surface area is 159 Å². The Morgan fingerprint density at radius 1 is 0.962 bits per heavy atom.